The van der Waals surface area contributed by atoms with E-state index in [2.05, 4.69) is 29.8 Å². The smallest absolute Gasteiger partial charge is 0.193 e. The molecule has 0 aromatic heterocycles. The first-order valence-corrected chi connectivity index (χ1v) is 6.88. The minimum Gasteiger partial charge on any atom is -0.289 e. The number of hydrogen-bond donors (Lipinski definition) is 0. The van der Waals surface area contributed by atoms with Gasteiger partial charge in [-0.05, 0) is 45.6 Å². The summed E-state index contributed by atoms with van der Waals surface area (Å²) in [6.45, 7) is 4.21. The third kappa shape index (κ3) is 3.10. The molecule has 19 heavy (non-hydrogen) atoms. The van der Waals surface area contributed by atoms with Gasteiger partial charge >= 0.3 is 0 Å². The summed E-state index contributed by atoms with van der Waals surface area (Å²) in [5.74, 6) is -0.0353. The van der Waals surface area contributed by atoms with Crippen molar-refractivity contribution in [3.8, 4) is 0 Å². The molecule has 0 amide bonds. The minimum absolute atomic E-state index is 0.101. The van der Waals surface area contributed by atoms with Gasteiger partial charge in [0.25, 0.3) is 0 Å². The van der Waals surface area contributed by atoms with Gasteiger partial charge in [-0.15, -0.1) is 0 Å². The molecule has 0 heterocycles. The Labute approximate surface area is 120 Å². The van der Waals surface area contributed by atoms with Crippen LogP contribution in [0.2, 0.25) is 0 Å². The molecule has 0 spiro atoms. The van der Waals surface area contributed by atoms with Crippen LogP contribution in [0.1, 0.15) is 41.3 Å². The zero-order chi connectivity index (χ0) is 14.0. The molecule has 0 fully saturated rings. The van der Waals surface area contributed by atoms with E-state index in [1.807, 2.05) is 24.3 Å². The summed E-state index contributed by atoms with van der Waals surface area (Å²) < 4.78 is 13.5. The van der Waals surface area contributed by atoms with E-state index in [0.29, 0.717) is 21.5 Å². The van der Waals surface area contributed by atoms with Gasteiger partial charge in [0.15, 0.2) is 5.78 Å². The summed E-state index contributed by atoms with van der Waals surface area (Å²) in [7, 11) is 0. The van der Waals surface area contributed by atoms with Gasteiger partial charge in [-0.3, -0.25) is 4.79 Å². The summed E-state index contributed by atoms with van der Waals surface area (Å²) in [6.07, 6.45) is 0. The van der Waals surface area contributed by atoms with Crippen LogP contribution in [0.25, 0.3) is 0 Å². The van der Waals surface area contributed by atoms with E-state index in [9.17, 15) is 9.18 Å². The van der Waals surface area contributed by atoms with Crippen LogP contribution in [0.15, 0.2) is 46.9 Å². The second-order valence-electron chi connectivity index (χ2n) is 4.73. The lowest BCUT2D eigenvalue weighted by molar-refractivity contribution is 0.103. The van der Waals surface area contributed by atoms with E-state index >= 15 is 0 Å². The maximum atomic E-state index is 13.1. The molecule has 0 atom stereocenters. The zero-order valence-corrected chi connectivity index (χ0v) is 12.4. The molecule has 3 heteroatoms. The number of hydrogen-bond acceptors (Lipinski definition) is 1. The second kappa shape index (κ2) is 5.66. The Morgan fingerprint density at radius 3 is 2.16 bits per heavy atom. The Morgan fingerprint density at radius 2 is 1.63 bits per heavy atom. The predicted molar refractivity (Wildman–Crippen MR) is 78.1 cm³/mol. The highest BCUT2D eigenvalue weighted by molar-refractivity contribution is 9.10. The number of carbonyl (C=O) groups is 1. The Hall–Kier alpha value is -1.48. The van der Waals surface area contributed by atoms with Crippen molar-refractivity contribution in [2.45, 2.75) is 19.8 Å². The van der Waals surface area contributed by atoms with Crippen molar-refractivity contribution >= 4 is 21.7 Å². The van der Waals surface area contributed by atoms with E-state index in [0.717, 1.165) is 0 Å². The van der Waals surface area contributed by atoms with Crippen LogP contribution in [0.3, 0.4) is 0 Å². The monoisotopic (exact) mass is 320 g/mol. The third-order valence-electron chi connectivity index (χ3n) is 3.02. The molecule has 2 rings (SSSR count). The van der Waals surface area contributed by atoms with E-state index in [4.69, 9.17) is 0 Å². The standard InChI is InChI=1S/C16H14BrFO/c1-10(2)11-3-5-12(6-4-11)16(19)13-7-8-15(18)14(17)9-13/h3-10H,1-2H3. The maximum Gasteiger partial charge on any atom is 0.193 e. The molecule has 0 N–H and O–H groups in total. The van der Waals surface area contributed by atoms with Gasteiger partial charge < -0.3 is 0 Å². The highest BCUT2D eigenvalue weighted by atomic mass is 79.9. The molecular formula is C16H14BrFO. The SMILES string of the molecule is CC(C)c1ccc(C(=O)c2ccc(F)c(Br)c2)cc1. The van der Waals surface area contributed by atoms with Crippen molar-refractivity contribution in [3.63, 3.8) is 0 Å². The Balaban J connectivity index is 2.30. The lowest BCUT2D eigenvalue weighted by atomic mass is 9.98. The largest absolute Gasteiger partial charge is 0.289 e. The molecule has 1 nitrogen and oxygen atoms in total. The molecule has 0 bridgehead atoms. The number of rotatable bonds is 3. The minimum atomic E-state index is -0.369. The summed E-state index contributed by atoms with van der Waals surface area (Å²) in [5.41, 5.74) is 2.28. The lowest BCUT2D eigenvalue weighted by Gasteiger charge is -2.07. The first-order valence-electron chi connectivity index (χ1n) is 6.08. The summed E-state index contributed by atoms with van der Waals surface area (Å²) >= 11 is 3.09. The van der Waals surface area contributed by atoms with Crippen molar-refractivity contribution in [1.29, 1.82) is 0 Å². The Bertz CT molecular complexity index is 603. The number of halogens is 2. The summed E-state index contributed by atoms with van der Waals surface area (Å²) in [4.78, 5) is 12.2. The third-order valence-corrected chi connectivity index (χ3v) is 3.63. The normalized spacial score (nSPS) is 10.8. The van der Waals surface area contributed by atoms with Gasteiger partial charge in [0.2, 0.25) is 0 Å². The van der Waals surface area contributed by atoms with Crippen molar-refractivity contribution in [2.75, 3.05) is 0 Å². The first kappa shape index (κ1) is 13.9. The van der Waals surface area contributed by atoms with Crippen LogP contribution in [0, 0.1) is 5.82 Å². The van der Waals surface area contributed by atoms with Gasteiger partial charge in [0.1, 0.15) is 5.82 Å². The van der Waals surface area contributed by atoms with Gasteiger partial charge in [0.05, 0.1) is 4.47 Å². The van der Waals surface area contributed by atoms with Crippen LogP contribution in [0.4, 0.5) is 4.39 Å². The van der Waals surface area contributed by atoms with E-state index in [1.165, 1.54) is 23.8 Å². The van der Waals surface area contributed by atoms with Crippen molar-refractivity contribution in [2.24, 2.45) is 0 Å². The fourth-order valence-corrected chi connectivity index (χ4v) is 2.20. The van der Waals surface area contributed by atoms with Crippen LogP contribution < -0.4 is 0 Å². The van der Waals surface area contributed by atoms with Crippen molar-refractivity contribution < 1.29 is 9.18 Å². The molecule has 0 unspecified atom stereocenters. The molecule has 0 aliphatic carbocycles. The van der Waals surface area contributed by atoms with Crippen LogP contribution >= 0.6 is 15.9 Å². The molecule has 0 aliphatic heterocycles. The molecule has 98 valence electrons. The number of carbonyl (C=O) groups excluding carboxylic acids is 1. The lowest BCUT2D eigenvalue weighted by Crippen LogP contribution is -2.02. The molecule has 0 saturated carbocycles. The van der Waals surface area contributed by atoms with Gasteiger partial charge in [-0.1, -0.05) is 38.1 Å². The van der Waals surface area contributed by atoms with Crippen LogP contribution in [0.5, 0.6) is 0 Å². The van der Waals surface area contributed by atoms with Crippen molar-refractivity contribution in [1.82, 2.24) is 0 Å². The van der Waals surface area contributed by atoms with E-state index < -0.39 is 0 Å². The van der Waals surface area contributed by atoms with E-state index in [-0.39, 0.29) is 11.6 Å². The molecule has 2 aromatic carbocycles. The highest BCUT2D eigenvalue weighted by Gasteiger charge is 2.11. The fraction of sp³-hybridized carbons (Fsp3) is 0.188. The highest BCUT2D eigenvalue weighted by Crippen LogP contribution is 2.20. The molecule has 0 saturated heterocycles. The first-order chi connectivity index (χ1) is 8.99. The Kier molecular flexibility index (Phi) is 4.15. The molecular weight excluding hydrogens is 307 g/mol. The van der Waals surface area contributed by atoms with Crippen LogP contribution in [-0.4, -0.2) is 5.78 Å². The number of ketones is 1. The van der Waals surface area contributed by atoms with E-state index in [1.54, 1.807) is 0 Å². The average Bonchev–Trinajstić information content (AvgIpc) is 2.41. The topological polar surface area (TPSA) is 17.1 Å². The second-order valence-corrected chi connectivity index (χ2v) is 5.59. The quantitative estimate of drug-likeness (QED) is 0.732. The van der Waals surface area contributed by atoms with Gasteiger partial charge in [-0.2, -0.15) is 0 Å². The van der Waals surface area contributed by atoms with Crippen LogP contribution in [-0.2, 0) is 0 Å². The Morgan fingerprint density at radius 1 is 1.05 bits per heavy atom. The summed E-state index contributed by atoms with van der Waals surface area (Å²) in [6, 6.07) is 11.8. The fourth-order valence-electron chi connectivity index (χ4n) is 1.82. The maximum absolute atomic E-state index is 13.1. The molecule has 0 radical (unpaired) electrons. The number of benzene rings is 2. The van der Waals surface area contributed by atoms with Crippen molar-refractivity contribution in [3.05, 3.63) is 69.4 Å². The van der Waals surface area contributed by atoms with Gasteiger partial charge in [0, 0.05) is 11.1 Å². The summed E-state index contributed by atoms with van der Waals surface area (Å²) in [5, 5.41) is 0. The molecule has 2 aromatic rings. The molecule has 0 aliphatic rings. The predicted octanol–water partition coefficient (Wildman–Crippen LogP) is 4.94. The zero-order valence-electron chi connectivity index (χ0n) is 10.8. The average molecular weight is 321 g/mol. The van der Waals surface area contributed by atoms with Gasteiger partial charge in [-0.25, -0.2) is 4.39 Å².